The number of hydrogen-bond acceptors (Lipinski definition) is 6. The molecule has 3 aromatic rings. The number of thiazole rings is 1. The summed E-state index contributed by atoms with van der Waals surface area (Å²) in [5, 5.41) is 0.704. The third kappa shape index (κ3) is 5.66. The van der Waals surface area contributed by atoms with Gasteiger partial charge in [0.25, 0.3) is 5.91 Å². The second kappa shape index (κ2) is 11.6. The average Bonchev–Trinajstić information content (AvgIpc) is 3.13. The molecule has 0 atom stereocenters. The number of halogens is 1. The molecule has 3 rings (SSSR count). The van der Waals surface area contributed by atoms with Crippen LogP contribution in [0, 0.1) is 0 Å². The zero-order valence-electron chi connectivity index (χ0n) is 17.8. The zero-order chi connectivity index (χ0) is 20.8. The minimum Gasteiger partial charge on any atom is -0.492 e. The maximum Gasteiger partial charge on any atom is 0.261 e. The van der Waals surface area contributed by atoms with Gasteiger partial charge in [0, 0.05) is 18.0 Å². The predicted octanol–water partition coefficient (Wildman–Crippen LogP) is 5.44. The van der Waals surface area contributed by atoms with Crippen LogP contribution in [0.3, 0.4) is 0 Å². The maximum atomic E-state index is 13.6. The first kappa shape index (κ1) is 24.5. The minimum atomic E-state index is -0.0135. The molecule has 0 saturated heterocycles. The number of rotatable bonds is 9. The fourth-order valence-electron chi connectivity index (χ4n) is 2.95. The van der Waals surface area contributed by atoms with Crippen LogP contribution in [0.1, 0.15) is 24.2 Å². The van der Waals surface area contributed by atoms with E-state index in [1.165, 1.54) is 11.3 Å². The lowest BCUT2D eigenvalue weighted by molar-refractivity contribution is 0.0982. The van der Waals surface area contributed by atoms with Gasteiger partial charge in [0.05, 0.1) is 16.9 Å². The second-order valence-electron chi connectivity index (χ2n) is 6.72. The van der Waals surface area contributed by atoms with Gasteiger partial charge in [-0.15, -0.1) is 24.2 Å². The molecule has 1 aromatic heterocycles. The first-order valence-corrected chi connectivity index (χ1v) is 11.6. The number of aromatic nitrogens is 1. The molecule has 0 N–H and O–H groups in total. The topological polar surface area (TPSA) is 45.7 Å². The van der Waals surface area contributed by atoms with Gasteiger partial charge >= 0.3 is 0 Å². The molecule has 8 heteroatoms. The minimum absolute atomic E-state index is 0. The lowest BCUT2D eigenvalue weighted by Gasteiger charge is -2.23. The largest absolute Gasteiger partial charge is 0.492 e. The number of fused-ring (bicyclic) bond motifs is 1. The SMILES string of the molecule is CCOc1cccc2sc(N(CCN(C)C)C(=O)c3ccccc3SCC)nc12.Cl. The molecular formula is C22H28ClN3O2S2. The van der Waals surface area contributed by atoms with Gasteiger partial charge in [-0.2, -0.15) is 0 Å². The van der Waals surface area contributed by atoms with Gasteiger partial charge in [-0.25, -0.2) is 4.98 Å². The van der Waals surface area contributed by atoms with Crippen molar-refractivity contribution < 1.29 is 9.53 Å². The molecule has 0 spiro atoms. The van der Waals surface area contributed by atoms with Crippen molar-refractivity contribution in [1.82, 2.24) is 9.88 Å². The Kier molecular flexibility index (Phi) is 9.42. The van der Waals surface area contributed by atoms with Gasteiger partial charge < -0.3 is 9.64 Å². The van der Waals surface area contributed by atoms with Crippen molar-refractivity contribution in [2.45, 2.75) is 18.7 Å². The summed E-state index contributed by atoms with van der Waals surface area (Å²) in [6.45, 7) is 5.96. The van der Waals surface area contributed by atoms with Crippen LogP contribution in [0.5, 0.6) is 5.75 Å². The average molecular weight is 466 g/mol. The fourth-order valence-corrected chi connectivity index (χ4v) is 4.76. The van der Waals surface area contributed by atoms with Crippen LogP contribution in [-0.2, 0) is 0 Å². The summed E-state index contributed by atoms with van der Waals surface area (Å²) in [5.41, 5.74) is 1.54. The van der Waals surface area contributed by atoms with Crippen molar-refractivity contribution in [1.29, 1.82) is 0 Å². The highest BCUT2D eigenvalue weighted by molar-refractivity contribution is 7.99. The van der Waals surface area contributed by atoms with E-state index in [0.29, 0.717) is 18.3 Å². The maximum absolute atomic E-state index is 13.6. The summed E-state index contributed by atoms with van der Waals surface area (Å²) >= 11 is 3.21. The van der Waals surface area contributed by atoms with E-state index >= 15 is 0 Å². The highest BCUT2D eigenvalue weighted by atomic mass is 35.5. The lowest BCUT2D eigenvalue weighted by atomic mass is 10.2. The third-order valence-corrected chi connectivity index (χ3v) is 6.33. The molecule has 5 nitrogen and oxygen atoms in total. The van der Waals surface area contributed by atoms with Gasteiger partial charge in [-0.3, -0.25) is 9.69 Å². The van der Waals surface area contributed by atoms with Gasteiger partial charge in [0.15, 0.2) is 5.13 Å². The quantitative estimate of drug-likeness (QED) is 0.394. The molecule has 0 aliphatic carbocycles. The number of nitrogens with zero attached hydrogens (tertiary/aromatic N) is 3. The summed E-state index contributed by atoms with van der Waals surface area (Å²) < 4.78 is 6.75. The number of ether oxygens (including phenoxy) is 1. The number of hydrogen-bond donors (Lipinski definition) is 0. The standard InChI is InChI=1S/C22H27N3O2S2.ClH/c1-5-27-17-11-9-13-19-20(17)23-22(29-19)25(15-14-24(3)4)21(26)16-10-7-8-12-18(16)28-6-2;/h7-13H,5-6,14-15H2,1-4H3;1H. The predicted molar refractivity (Wildman–Crippen MR) is 131 cm³/mol. The number of carbonyl (C=O) groups excluding carboxylic acids is 1. The van der Waals surface area contributed by atoms with Gasteiger partial charge in [0.1, 0.15) is 11.3 Å². The Morgan fingerprint density at radius 3 is 2.57 bits per heavy atom. The summed E-state index contributed by atoms with van der Waals surface area (Å²) in [7, 11) is 4.02. The van der Waals surface area contributed by atoms with E-state index in [9.17, 15) is 4.79 Å². The molecule has 0 radical (unpaired) electrons. The molecule has 1 heterocycles. The summed E-state index contributed by atoms with van der Waals surface area (Å²) in [5.74, 6) is 1.66. The van der Waals surface area contributed by atoms with Gasteiger partial charge in [0.2, 0.25) is 0 Å². The molecule has 0 saturated carbocycles. The van der Waals surface area contributed by atoms with Crippen LogP contribution in [0.25, 0.3) is 10.2 Å². The van der Waals surface area contributed by atoms with Crippen LogP contribution in [-0.4, -0.2) is 55.3 Å². The first-order chi connectivity index (χ1) is 14.0. The van der Waals surface area contributed by atoms with Crippen LogP contribution in [0.2, 0.25) is 0 Å². The Labute approximate surface area is 192 Å². The Morgan fingerprint density at radius 1 is 1.10 bits per heavy atom. The van der Waals surface area contributed by atoms with E-state index < -0.39 is 0 Å². The molecule has 30 heavy (non-hydrogen) atoms. The Balaban J connectivity index is 0.00000320. The third-order valence-electron chi connectivity index (χ3n) is 4.33. The van der Waals surface area contributed by atoms with Gasteiger partial charge in [-0.05, 0) is 51.0 Å². The van der Waals surface area contributed by atoms with Crippen LogP contribution in [0.4, 0.5) is 5.13 Å². The smallest absolute Gasteiger partial charge is 0.261 e. The Hall–Kier alpha value is -1.80. The molecule has 0 aliphatic heterocycles. The molecule has 0 fully saturated rings. The normalized spacial score (nSPS) is 10.8. The van der Waals surface area contributed by atoms with Crippen LogP contribution < -0.4 is 9.64 Å². The van der Waals surface area contributed by atoms with Crippen LogP contribution in [0.15, 0.2) is 47.4 Å². The van der Waals surface area contributed by atoms with Crippen molar-refractivity contribution in [3.8, 4) is 5.75 Å². The van der Waals surface area contributed by atoms with E-state index in [1.54, 1.807) is 16.7 Å². The van der Waals surface area contributed by atoms with E-state index in [4.69, 9.17) is 9.72 Å². The highest BCUT2D eigenvalue weighted by Crippen LogP contribution is 2.35. The molecule has 0 bridgehead atoms. The molecule has 1 amide bonds. The Bertz CT molecular complexity index is 978. The highest BCUT2D eigenvalue weighted by Gasteiger charge is 2.24. The molecular weight excluding hydrogens is 438 g/mol. The monoisotopic (exact) mass is 465 g/mol. The van der Waals surface area contributed by atoms with Gasteiger partial charge in [-0.1, -0.05) is 36.5 Å². The first-order valence-electron chi connectivity index (χ1n) is 9.75. The number of benzene rings is 2. The number of thioether (sulfide) groups is 1. The molecule has 0 aliphatic rings. The van der Waals surface area contributed by atoms with Crippen molar-refractivity contribution >= 4 is 56.8 Å². The molecule has 2 aromatic carbocycles. The number of anilines is 1. The number of carbonyl (C=O) groups is 1. The summed E-state index contributed by atoms with van der Waals surface area (Å²) in [6, 6.07) is 13.7. The summed E-state index contributed by atoms with van der Waals surface area (Å²) in [4.78, 5) is 23.3. The van der Waals surface area contributed by atoms with E-state index in [0.717, 1.165) is 38.7 Å². The lowest BCUT2D eigenvalue weighted by Crippen LogP contribution is -2.37. The molecule has 162 valence electrons. The number of likely N-dealkylation sites (N-methyl/N-ethyl adjacent to an activating group) is 1. The van der Waals surface area contributed by atoms with Crippen molar-refractivity contribution in [3.05, 3.63) is 48.0 Å². The van der Waals surface area contributed by atoms with Crippen molar-refractivity contribution in [3.63, 3.8) is 0 Å². The summed E-state index contributed by atoms with van der Waals surface area (Å²) in [6.07, 6.45) is 0. The number of para-hydroxylation sites is 1. The van der Waals surface area contributed by atoms with Crippen molar-refractivity contribution in [2.75, 3.05) is 44.4 Å². The van der Waals surface area contributed by atoms with E-state index in [1.807, 2.05) is 63.5 Å². The second-order valence-corrected chi connectivity index (χ2v) is 9.04. The van der Waals surface area contributed by atoms with E-state index in [2.05, 4.69) is 11.8 Å². The zero-order valence-corrected chi connectivity index (χ0v) is 20.2. The fraction of sp³-hybridized carbons (Fsp3) is 0.364. The van der Waals surface area contributed by atoms with Crippen LogP contribution >= 0.6 is 35.5 Å². The Morgan fingerprint density at radius 2 is 1.87 bits per heavy atom. The van der Waals surface area contributed by atoms with Crippen molar-refractivity contribution in [2.24, 2.45) is 0 Å². The number of amides is 1. The van der Waals surface area contributed by atoms with E-state index in [-0.39, 0.29) is 18.3 Å². The molecule has 0 unspecified atom stereocenters.